The first-order valence-electron chi connectivity index (χ1n) is 5.80. The normalized spacial score (nSPS) is 26.7. The standard InChI is InChI=1S/C11H22N2O2/c1-8(2)13-11(15)7-12-9-5-3-4-6-10(9)14/h8-10,12,14H,3-7H2,1-2H3,(H,13,15). The average Bonchev–Trinajstić information content (AvgIpc) is 2.15. The minimum Gasteiger partial charge on any atom is -0.392 e. The van der Waals surface area contributed by atoms with Gasteiger partial charge in [0, 0.05) is 12.1 Å². The van der Waals surface area contributed by atoms with E-state index in [0.717, 1.165) is 25.7 Å². The molecule has 0 aromatic rings. The number of rotatable bonds is 4. The first-order chi connectivity index (χ1) is 7.09. The molecule has 0 aromatic heterocycles. The zero-order valence-electron chi connectivity index (χ0n) is 9.62. The van der Waals surface area contributed by atoms with Crippen molar-refractivity contribution in [2.24, 2.45) is 0 Å². The minimum absolute atomic E-state index is 0.00257. The molecule has 1 aliphatic rings. The van der Waals surface area contributed by atoms with Gasteiger partial charge in [0.15, 0.2) is 0 Å². The van der Waals surface area contributed by atoms with Crippen LogP contribution >= 0.6 is 0 Å². The molecule has 0 bridgehead atoms. The smallest absolute Gasteiger partial charge is 0.234 e. The van der Waals surface area contributed by atoms with Crippen molar-refractivity contribution in [2.45, 2.75) is 57.7 Å². The molecule has 88 valence electrons. The molecule has 0 radical (unpaired) electrons. The van der Waals surface area contributed by atoms with E-state index in [1.165, 1.54) is 0 Å². The van der Waals surface area contributed by atoms with Crippen LogP contribution in [0.2, 0.25) is 0 Å². The maximum absolute atomic E-state index is 11.3. The second-order valence-electron chi connectivity index (χ2n) is 4.56. The summed E-state index contributed by atoms with van der Waals surface area (Å²) < 4.78 is 0. The first-order valence-corrected chi connectivity index (χ1v) is 5.80. The number of hydrogen-bond acceptors (Lipinski definition) is 3. The van der Waals surface area contributed by atoms with Gasteiger partial charge >= 0.3 is 0 Å². The zero-order chi connectivity index (χ0) is 11.3. The van der Waals surface area contributed by atoms with Crippen LogP contribution in [0.1, 0.15) is 39.5 Å². The molecule has 0 saturated heterocycles. The summed E-state index contributed by atoms with van der Waals surface area (Å²) in [7, 11) is 0. The van der Waals surface area contributed by atoms with Crippen molar-refractivity contribution in [1.29, 1.82) is 0 Å². The molecule has 15 heavy (non-hydrogen) atoms. The van der Waals surface area contributed by atoms with Gasteiger partial charge in [0.1, 0.15) is 0 Å². The van der Waals surface area contributed by atoms with E-state index in [0.29, 0.717) is 6.54 Å². The van der Waals surface area contributed by atoms with E-state index < -0.39 is 0 Å². The molecule has 4 heteroatoms. The highest BCUT2D eigenvalue weighted by Gasteiger charge is 2.22. The van der Waals surface area contributed by atoms with Gasteiger partial charge < -0.3 is 15.7 Å². The number of carbonyl (C=O) groups is 1. The van der Waals surface area contributed by atoms with Gasteiger partial charge in [-0.1, -0.05) is 12.8 Å². The number of nitrogens with one attached hydrogen (secondary N) is 2. The van der Waals surface area contributed by atoms with Crippen LogP contribution in [-0.2, 0) is 4.79 Å². The van der Waals surface area contributed by atoms with Gasteiger partial charge in [-0.05, 0) is 26.7 Å². The van der Waals surface area contributed by atoms with Crippen molar-refractivity contribution >= 4 is 5.91 Å². The minimum atomic E-state index is -0.286. The number of aliphatic hydroxyl groups is 1. The summed E-state index contributed by atoms with van der Waals surface area (Å²) in [5.74, 6) is 0.00257. The molecular formula is C11H22N2O2. The number of hydrogen-bond donors (Lipinski definition) is 3. The lowest BCUT2D eigenvalue weighted by Gasteiger charge is -2.28. The highest BCUT2D eigenvalue weighted by molar-refractivity contribution is 5.78. The Kier molecular flexibility index (Phi) is 5.05. The summed E-state index contributed by atoms with van der Waals surface area (Å²) in [5.41, 5.74) is 0. The van der Waals surface area contributed by atoms with E-state index >= 15 is 0 Å². The Morgan fingerprint density at radius 1 is 1.40 bits per heavy atom. The lowest BCUT2D eigenvalue weighted by Crippen LogP contribution is -2.47. The van der Waals surface area contributed by atoms with E-state index in [1.54, 1.807) is 0 Å². The molecular weight excluding hydrogens is 192 g/mol. The Labute approximate surface area is 91.4 Å². The van der Waals surface area contributed by atoms with Crippen LogP contribution in [-0.4, -0.2) is 35.7 Å². The van der Waals surface area contributed by atoms with Crippen LogP contribution in [0.4, 0.5) is 0 Å². The van der Waals surface area contributed by atoms with Gasteiger partial charge in [-0.25, -0.2) is 0 Å². The van der Waals surface area contributed by atoms with E-state index in [1.807, 2.05) is 13.8 Å². The van der Waals surface area contributed by atoms with E-state index in [9.17, 15) is 9.90 Å². The summed E-state index contributed by atoms with van der Waals surface area (Å²) in [6, 6.07) is 0.271. The van der Waals surface area contributed by atoms with Crippen molar-refractivity contribution in [3.8, 4) is 0 Å². The van der Waals surface area contributed by atoms with Crippen LogP contribution in [0.3, 0.4) is 0 Å². The molecule has 0 aliphatic heterocycles. The summed E-state index contributed by atoms with van der Waals surface area (Å²) in [6.45, 7) is 4.18. The monoisotopic (exact) mass is 214 g/mol. The fourth-order valence-electron chi connectivity index (χ4n) is 1.95. The molecule has 2 unspecified atom stereocenters. The molecule has 4 nitrogen and oxygen atoms in total. The molecule has 2 atom stereocenters. The molecule has 1 rings (SSSR count). The summed E-state index contributed by atoms with van der Waals surface area (Å²) >= 11 is 0. The molecule has 1 saturated carbocycles. The van der Waals surface area contributed by atoms with Gasteiger partial charge in [-0.2, -0.15) is 0 Å². The van der Waals surface area contributed by atoms with Crippen LogP contribution in [0, 0.1) is 0 Å². The molecule has 0 aromatic carbocycles. The van der Waals surface area contributed by atoms with Crippen LogP contribution in [0.25, 0.3) is 0 Å². The number of carbonyl (C=O) groups excluding carboxylic acids is 1. The molecule has 0 spiro atoms. The summed E-state index contributed by atoms with van der Waals surface area (Å²) in [6.07, 6.45) is 3.77. The highest BCUT2D eigenvalue weighted by Crippen LogP contribution is 2.17. The Morgan fingerprint density at radius 2 is 2.07 bits per heavy atom. The number of aliphatic hydroxyl groups excluding tert-OH is 1. The first kappa shape index (κ1) is 12.5. The van der Waals surface area contributed by atoms with Crippen molar-refractivity contribution < 1.29 is 9.90 Å². The third-order valence-corrected chi connectivity index (χ3v) is 2.70. The van der Waals surface area contributed by atoms with Crippen molar-refractivity contribution in [2.75, 3.05) is 6.54 Å². The largest absolute Gasteiger partial charge is 0.392 e. The van der Waals surface area contributed by atoms with Crippen molar-refractivity contribution in [3.05, 3.63) is 0 Å². The van der Waals surface area contributed by atoms with Crippen LogP contribution < -0.4 is 10.6 Å². The predicted molar refractivity (Wildman–Crippen MR) is 59.5 cm³/mol. The van der Waals surface area contributed by atoms with Crippen LogP contribution in [0.5, 0.6) is 0 Å². The van der Waals surface area contributed by atoms with E-state index in [4.69, 9.17) is 0 Å². The van der Waals surface area contributed by atoms with Gasteiger partial charge in [-0.15, -0.1) is 0 Å². The summed E-state index contributed by atoms with van der Waals surface area (Å²) in [5, 5.41) is 15.6. The third-order valence-electron chi connectivity index (χ3n) is 2.70. The van der Waals surface area contributed by atoms with Crippen molar-refractivity contribution in [3.63, 3.8) is 0 Å². The Morgan fingerprint density at radius 3 is 2.67 bits per heavy atom. The molecule has 1 amide bonds. The quantitative estimate of drug-likeness (QED) is 0.635. The topological polar surface area (TPSA) is 61.4 Å². The highest BCUT2D eigenvalue weighted by atomic mass is 16.3. The lowest BCUT2D eigenvalue weighted by molar-refractivity contribution is -0.121. The average molecular weight is 214 g/mol. The molecule has 0 heterocycles. The van der Waals surface area contributed by atoms with Gasteiger partial charge in [0.25, 0.3) is 0 Å². The zero-order valence-corrected chi connectivity index (χ0v) is 9.62. The second kappa shape index (κ2) is 6.08. The third kappa shape index (κ3) is 4.62. The molecule has 3 N–H and O–H groups in total. The maximum atomic E-state index is 11.3. The fraction of sp³-hybridized carbons (Fsp3) is 0.909. The van der Waals surface area contributed by atoms with Gasteiger partial charge in [-0.3, -0.25) is 4.79 Å². The maximum Gasteiger partial charge on any atom is 0.234 e. The van der Waals surface area contributed by atoms with E-state index in [2.05, 4.69) is 10.6 Å². The summed E-state index contributed by atoms with van der Waals surface area (Å²) in [4.78, 5) is 11.3. The Hall–Kier alpha value is -0.610. The SMILES string of the molecule is CC(C)NC(=O)CNC1CCCCC1O. The van der Waals surface area contributed by atoms with E-state index in [-0.39, 0.29) is 24.1 Å². The molecule has 1 aliphatic carbocycles. The number of amides is 1. The molecule has 1 fully saturated rings. The van der Waals surface area contributed by atoms with Crippen molar-refractivity contribution in [1.82, 2.24) is 10.6 Å². The predicted octanol–water partition coefficient (Wildman–Crippen LogP) is 0.404. The van der Waals surface area contributed by atoms with Crippen LogP contribution in [0.15, 0.2) is 0 Å². The fourth-order valence-corrected chi connectivity index (χ4v) is 1.95. The Bertz CT molecular complexity index is 207. The lowest BCUT2D eigenvalue weighted by atomic mass is 9.92. The van der Waals surface area contributed by atoms with Gasteiger partial charge in [0.2, 0.25) is 5.91 Å². The Balaban J connectivity index is 2.20. The van der Waals surface area contributed by atoms with Gasteiger partial charge in [0.05, 0.1) is 12.6 Å². The second-order valence-corrected chi connectivity index (χ2v) is 4.56.